The number of hydrogen-bond donors (Lipinski definition) is 2. The molecule has 158 valence electrons. The highest BCUT2D eigenvalue weighted by atomic mass is 16.2. The van der Waals surface area contributed by atoms with E-state index < -0.39 is 0 Å². The van der Waals surface area contributed by atoms with Crippen LogP contribution in [0.4, 0.5) is 11.4 Å². The van der Waals surface area contributed by atoms with Gasteiger partial charge in [-0.05, 0) is 62.8 Å². The van der Waals surface area contributed by atoms with Crippen LogP contribution in [0.15, 0.2) is 48.5 Å². The van der Waals surface area contributed by atoms with Gasteiger partial charge in [-0.25, -0.2) is 0 Å². The number of rotatable bonds is 6. The lowest BCUT2D eigenvalue weighted by Gasteiger charge is -2.31. The third-order valence-electron chi connectivity index (χ3n) is 6.33. The van der Waals surface area contributed by atoms with Gasteiger partial charge >= 0.3 is 0 Å². The smallest absolute Gasteiger partial charge is 0.253 e. The number of carbonyl (C=O) groups excluding carboxylic acids is 2. The molecule has 2 aromatic carbocycles. The van der Waals surface area contributed by atoms with Gasteiger partial charge in [0.1, 0.15) is 0 Å². The first-order valence-electron chi connectivity index (χ1n) is 11.2. The molecule has 1 aliphatic heterocycles. The van der Waals surface area contributed by atoms with E-state index in [1.54, 1.807) is 0 Å². The minimum absolute atomic E-state index is 0.0657. The van der Waals surface area contributed by atoms with Crippen LogP contribution in [0.25, 0.3) is 0 Å². The monoisotopic (exact) mass is 405 g/mol. The minimum Gasteiger partial charge on any atom is -0.371 e. The Labute approximate surface area is 178 Å². The van der Waals surface area contributed by atoms with Crippen LogP contribution in [0.3, 0.4) is 0 Å². The highest BCUT2D eigenvalue weighted by molar-refractivity contribution is 6.02. The van der Waals surface area contributed by atoms with Gasteiger partial charge in [0, 0.05) is 30.4 Å². The number of amides is 2. The molecular weight excluding hydrogens is 374 g/mol. The van der Waals surface area contributed by atoms with E-state index in [-0.39, 0.29) is 23.8 Å². The fourth-order valence-corrected chi connectivity index (χ4v) is 4.22. The summed E-state index contributed by atoms with van der Waals surface area (Å²) in [6.45, 7) is 3.92. The Balaban J connectivity index is 1.57. The van der Waals surface area contributed by atoms with Crippen molar-refractivity contribution in [2.45, 2.75) is 51.5 Å². The summed E-state index contributed by atoms with van der Waals surface area (Å²) in [5, 5.41) is 6.16. The number of hydrogen-bond acceptors (Lipinski definition) is 3. The van der Waals surface area contributed by atoms with E-state index in [1.807, 2.05) is 55.5 Å². The van der Waals surface area contributed by atoms with Crippen molar-refractivity contribution in [3.8, 4) is 0 Å². The molecule has 0 radical (unpaired) electrons. The highest BCUT2D eigenvalue weighted by Gasteiger charge is 2.26. The number of anilines is 2. The second-order valence-corrected chi connectivity index (χ2v) is 8.50. The first-order valence-corrected chi connectivity index (χ1v) is 11.2. The molecule has 5 heteroatoms. The Kier molecular flexibility index (Phi) is 6.36. The molecule has 1 saturated carbocycles. The number of benzene rings is 2. The zero-order valence-corrected chi connectivity index (χ0v) is 17.7. The van der Waals surface area contributed by atoms with Crippen molar-refractivity contribution in [1.29, 1.82) is 0 Å². The molecule has 0 spiro atoms. The van der Waals surface area contributed by atoms with Gasteiger partial charge in [-0.15, -0.1) is 0 Å². The lowest BCUT2D eigenvalue weighted by molar-refractivity contribution is -0.122. The van der Waals surface area contributed by atoms with Gasteiger partial charge < -0.3 is 15.5 Å². The van der Waals surface area contributed by atoms with Crippen LogP contribution < -0.4 is 15.5 Å². The SMILES string of the molecule is C[C@@H](NC(=O)c1cc(NC(=O)C2CCC2)ccc1N1CCCCC1)c1ccccc1. The zero-order chi connectivity index (χ0) is 20.9. The van der Waals surface area contributed by atoms with Crippen LogP contribution in [0.2, 0.25) is 0 Å². The van der Waals surface area contributed by atoms with E-state index in [9.17, 15) is 9.59 Å². The van der Waals surface area contributed by atoms with Crippen LogP contribution in [0.5, 0.6) is 0 Å². The molecule has 2 fully saturated rings. The predicted molar refractivity (Wildman–Crippen MR) is 121 cm³/mol. The van der Waals surface area contributed by atoms with Crippen molar-refractivity contribution in [2.24, 2.45) is 5.92 Å². The fraction of sp³-hybridized carbons (Fsp3) is 0.440. The summed E-state index contributed by atoms with van der Waals surface area (Å²) in [7, 11) is 0. The number of nitrogens with one attached hydrogen (secondary N) is 2. The Hall–Kier alpha value is -2.82. The summed E-state index contributed by atoms with van der Waals surface area (Å²) in [4.78, 5) is 28.0. The van der Waals surface area contributed by atoms with Crippen molar-refractivity contribution in [3.63, 3.8) is 0 Å². The van der Waals surface area contributed by atoms with Crippen molar-refractivity contribution in [3.05, 3.63) is 59.7 Å². The molecule has 2 N–H and O–H groups in total. The molecule has 0 bridgehead atoms. The van der Waals surface area contributed by atoms with Gasteiger partial charge in [0.2, 0.25) is 5.91 Å². The van der Waals surface area contributed by atoms with Crippen LogP contribution in [0.1, 0.15) is 67.4 Å². The standard InChI is InChI=1S/C25H31N3O2/c1-18(19-9-4-2-5-10-19)26-25(30)22-17-21(27-24(29)20-11-8-12-20)13-14-23(22)28-15-6-3-7-16-28/h2,4-5,9-10,13-14,17-18,20H,3,6-8,11-12,15-16H2,1H3,(H,26,30)(H,27,29)/t18-/m1/s1. The van der Waals surface area contributed by atoms with E-state index in [4.69, 9.17) is 0 Å². The summed E-state index contributed by atoms with van der Waals surface area (Å²) in [6.07, 6.45) is 6.55. The Morgan fingerprint density at radius 1 is 0.967 bits per heavy atom. The maximum absolute atomic E-state index is 13.3. The van der Waals surface area contributed by atoms with Crippen molar-refractivity contribution < 1.29 is 9.59 Å². The molecule has 1 heterocycles. The summed E-state index contributed by atoms with van der Waals surface area (Å²) >= 11 is 0. The first kappa shape index (κ1) is 20.5. The third kappa shape index (κ3) is 4.66. The number of nitrogens with zero attached hydrogens (tertiary/aromatic N) is 1. The van der Waals surface area contributed by atoms with Gasteiger partial charge in [0.15, 0.2) is 0 Å². The van der Waals surface area contributed by atoms with Crippen LogP contribution in [0, 0.1) is 5.92 Å². The molecule has 2 aromatic rings. The maximum Gasteiger partial charge on any atom is 0.253 e. The van der Waals surface area contributed by atoms with E-state index in [0.29, 0.717) is 11.3 Å². The summed E-state index contributed by atoms with van der Waals surface area (Å²) in [5.41, 5.74) is 3.35. The van der Waals surface area contributed by atoms with Crippen molar-refractivity contribution >= 4 is 23.2 Å². The number of carbonyl (C=O) groups is 2. The van der Waals surface area contributed by atoms with Crippen LogP contribution in [-0.2, 0) is 4.79 Å². The van der Waals surface area contributed by atoms with E-state index in [1.165, 1.54) is 6.42 Å². The first-order chi connectivity index (χ1) is 14.6. The molecule has 2 amide bonds. The summed E-state index contributed by atoms with van der Waals surface area (Å²) in [6, 6.07) is 15.6. The topological polar surface area (TPSA) is 61.4 Å². The van der Waals surface area contributed by atoms with Crippen LogP contribution in [-0.4, -0.2) is 24.9 Å². The molecule has 1 atom stereocenters. The van der Waals surface area contributed by atoms with Crippen molar-refractivity contribution in [1.82, 2.24) is 5.32 Å². The zero-order valence-electron chi connectivity index (χ0n) is 17.7. The van der Waals surface area contributed by atoms with Gasteiger partial charge in [-0.2, -0.15) is 0 Å². The predicted octanol–water partition coefficient (Wildman–Crippen LogP) is 4.91. The highest BCUT2D eigenvalue weighted by Crippen LogP contribution is 2.30. The molecule has 4 rings (SSSR count). The molecule has 1 saturated heterocycles. The summed E-state index contributed by atoms with van der Waals surface area (Å²) in [5.74, 6) is 0.0739. The molecule has 30 heavy (non-hydrogen) atoms. The van der Waals surface area contributed by atoms with Gasteiger partial charge in [-0.1, -0.05) is 36.8 Å². The molecule has 1 aliphatic carbocycles. The molecule has 2 aliphatic rings. The Morgan fingerprint density at radius 3 is 2.37 bits per heavy atom. The van der Waals surface area contributed by atoms with Gasteiger partial charge in [-0.3, -0.25) is 9.59 Å². The average molecular weight is 406 g/mol. The molecule has 5 nitrogen and oxygen atoms in total. The Bertz CT molecular complexity index is 887. The Morgan fingerprint density at radius 2 is 1.70 bits per heavy atom. The minimum atomic E-state index is -0.105. The quantitative estimate of drug-likeness (QED) is 0.718. The fourth-order valence-electron chi connectivity index (χ4n) is 4.22. The van der Waals surface area contributed by atoms with Gasteiger partial charge in [0.25, 0.3) is 5.91 Å². The largest absolute Gasteiger partial charge is 0.371 e. The normalized spacial score (nSPS) is 17.7. The van der Waals surface area contributed by atoms with Crippen LogP contribution >= 0.6 is 0 Å². The maximum atomic E-state index is 13.3. The number of piperidine rings is 1. The molecule has 0 unspecified atom stereocenters. The lowest BCUT2D eigenvalue weighted by atomic mass is 9.85. The third-order valence-corrected chi connectivity index (χ3v) is 6.33. The van der Waals surface area contributed by atoms with Crippen molar-refractivity contribution in [2.75, 3.05) is 23.3 Å². The van der Waals surface area contributed by atoms with E-state index >= 15 is 0 Å². The van der Waals surface area contributed by atoms with E-state index in [2.05, 4.69) is 15.5 Å². The van der Waals surface area contributed by atoms with E-state index in [0.717, 1.165) is 56.4 Å². The lowest BCUT2D eigenvalue weighted by Crippen LogP contribution is -2.34. The second kappa shape index (κ2) is 9.33. The summed E-state index contributed by atoms with van der Waals surface area (Å²) < 4.78 is 0. The molecular formula is C25H31N3O2. The second-order valence-electron chi connectivity index (χ2n) is 8.50. The average Bonchev–Trinajstić information content (AvgIpc) is 2.73. The molecule has 0 aromatic heterocycles. The van der Waals surface area contributed by atoms with Gasteiger partial charge in [0.05, 0.1) is 11.6 Å².